The zero-order chi connectivity index (χ0) is 17.8. The van der Waals surface area contributed by atoms with E-state index in [1.165, 1.54) is 7.11 Å². The third-order valence-electron chi connectivity index (χ3n) is 4.39. The summed E-state index contributed by atoms with van der Waals surface area (Å²) in [6, 6.07) is 7.47. The first-order valence-electron chi connectivity index (χ1n) is 8.41. The van der Waals surface area contributed by atoms with Crippen molar-refractivity contribution in [3.8, 4) is 11.5 Å². The molecule has 0 fully saturated rings. The lowest BCUT2D eigenvalue weighted by Crippen LogP contribution is -2.22. The lowest BCUT2D eigenvalue weighted by Gasteiger charge is -2.20. The maximum atomic E-state index is 10.7. The van der Waals surface area contributed by atoms with Crippen LogP contribution in [-0.4, -0.2) is 44.5 Å². The molecule has 1 aliphatic heterocycles. The first-order valence-corrected chi connectivity index (χ1v) is 8.41. The third-order valence-corrected chi connectivity index (χ3v) is 4.39. The van der Waals surface area contributed by atoms with Crippen LogP contribution >= 0.6 is 0 Å². The van der Waals surface area contributed by atoms with Gasteiger partial charge in [-0.2, -0.15) is 5.10 Å². The van der Waals surface area contributed by atoms with E-state index in [2.05, 4.69) is 10.00 Å². The van der Waals surface area contributed by atoms with Crippen LogP contribution in [0.25, 0.3) is 0 Å². The van der Waals surface area contributed by atoms with E-state index in [0.717, 1.165) is 49.6 Å². The number of aliphatic carboxylic acids is 1. The van der Waals surface area contributed by atoms with Crippen molar-refractivity contribution < 1.29 is 19.7 Å². The number of carboxylic acid groups (broad SMARTS) is 1. The molecule has 3 rings (SSSR count). The maximum Gasteiger partial charge on any atom is 0.303 e. The van der Waals surface area contributed by atoms with E-state index in [1.54, 1.807) is 12.1 Å². The number of fused-ring (bicyclic) bond motifs is 1. The van der Waals surface area contributed by atoms with Gasteiger partial charge in [-0.3, -0.25) is 14.4 Å². The number of ether oxygens (including phenoxy) is 1. The van der Waals surface area contributed by atoms with Gasteiger partial charge in [-0.05, 0) is 30.2 Å². The second kappa shape index (κ2) is 7.57. The van der Waals surface area contributed by atoms with Crippen molar-refractivity contribution in [2.45, 2.75) is 38.9 Å². The summed E-state index contributed by atoms with van der Waals surface area (Å²) in [7, 11) is 1.53. The van der Waals surface area contributed by atoms with Crippen molar-refractivity contribution in [1.29, 1.82) is 0 Å². The van der Waals surface area contributed by atoms with E-state index >= 15 is 0 Å². The van der Waals surface area contributed by atoms with Gasteiger partial charge in [0.15, 0.2) is 11.5 Å². The van der Waals surface area contributed by atoms with Gasteiger partial charge in [0.05, 0.1) is 24.9 Å². The number of aryl methyl sites for hydroxylation is 2. The number of methoxy groups -OCH3 is 1. The van der Waals surface area contributed by atoms with E-state index in [-0.39, 0.29) is 12.2 Å². The fourth-order valence-corrected chi connectivity index (χ4v) is 3.17. The Balaban J connectivity index is 1.68. The Morgan fingerprint density at radius 3 is 2.88 bits per heavy atom. The predicted molar refractivity (Wildman–Crippen MR) is 91.6 cm³/mol. The third kappa shape index (κ3) is 4.30. The van der Waals surface area contributed by atoms with E-state index < -0.39 is 5.97 Å². The average Bonchev–Trinajstić information content (AvgIpc) is 2.85. The molecule has 0 radical (unpaired) electrons. The molecule has 7 heteroatoms. The topological polar surface area (TPSA) is 87.8 Å². The number of phenols is 1. The quantitative estimate of drug-likeness (QED) is 0.833. The summed E-state index contributed by atoms with van der Waals surface area (Å²) < 4.78 is 7.07. The number of carbonyl (C=O) groups is 1. The molecule has 0 amide bonds. The van der Waals surface area contributed by atoms with Crippen molar-refractivity contribution in [3.05, 3.63) is 41.2 Å². The minimum atomic E-state index is -0.802. The van der Waals surface area contributed by atoms with Gasteiger partial charge in [-0.1, -0.05) is 6.07 Å². The molecular weight excluding hydrogens is 322 g/mol. The Bertz CT molecular complexity index is 757. The summed E-state index contributed by atoms with van der Waals surface area (Å²) in [4.78, 5) is 13.0. The van der Waals surface area contributed by atoms with Crippen LogP contribution in [0.1, 0.15) is 29.8 Å². The molecule has 1 aromatic carbocycles. The molecule has 1 aromatic heterocycles. The maximum absolute atomic E-state index is 10.7. The van der Waals surface area contributed by atoms with Gasteiger partial charge in [0.2, 0.25) is 0 Å². The molecule has 7 nitrogen and oxygen atoms in total. The molecule has 0 saturated heterocycles. The molecule has 134 valence electrons. The smallest absolute Gasteiger partial charge is 0.303 e. The van der Waals surface area contributed by atoms with Crippen LogP contribution in [0, 0.1) is 0 Å². The van der Waals surface area contributed by atoms with Crippen LogP contribution in [0.15, 0.2) is 24.3 Å². The lowest BCUT2D eigenvalue weighted by molar-refractivity contribution is -0.136. The van der Waals surface area contributed by atoms with Gasteiger partial charge in [0, 0.05) is 32.6 Å². The normalized spacial score (nSPS) is 14.8. The van der Waals surface area contributed by atoms with Crippen LogP contribution in [0.2, 0.25) is 0 Å². The summed E-state index contributed by atoms with van der Waals surface area (Å²) >= 11 is 0. The molecule has 1 aliphatic rings. The fourth-order valence-electron chi connectivity index (χ4n) is 3.17. The first-order chi connectivity index (χ1) is 12.0. The second-order valence-corrected chi connectivity index (χ2v) is 6.31. The van der Waals surface area contributed by atoms with Gasteiger partial charge in [-0.15, -0.1) is 0 Å². The van der Waals surface area contributed by atoms with E-state index in [9.17, 15) is 9.90 Å². The molecule has 0 bridgehead atoms. The predicted octanol–water partition coefficient (Wildman–Crippen LogP) is 2.02. The van der Waals surface area contributed by atoms with Crippen LogP contribution in [0.5, 0.6) is 11.5 Å². The Hall–Kier alpha value is -2.54. The number of hydrogen-bond donors (Lipinski definition) is 2. The Labute approximate surface area is 146 Å². The van der Waals surface area contributed by atoms with Crippen molar-refractivity contribution in [2.75, 3.05) is 13.7 Å². The molecule has 0 atom stereocenters. The summed E-state index contributed by atoms with van der Waals surface area (Å²) in [6.45, 7) is 3.27. The largest absolute Gasteiger partial charge is 0.504 e. The number of benzene rings is 1. The van der Waals surface area contributed by atoms with Crippen LogP contribution < -0.4 is 4.74 Å². The summed E-state index contributed by atoms with van der Waals surface area (Å²) in [5.41, 5.74) is 2.97. The number of carboxylic acids is 1. The van der Waals surface area contributed by atoms with E-state index in [4.69, 9.17) is 9.84 Å². The standard InChI is InChI=1S/C18H23N3O4/c1-25-17-5-3-13(9-16(17)22)11-20-7-2-8-21-15(12-20)10-14(19-21)4-6-18(23)24/h3,5,9-10,22H,2,4,6-8,11-12H2,1H3,(H,23,24). The molecule has 0 spiro atoms. The van der Waals surface area contributed by atoms with Gasteiger partial charge in [0.1, 0.15) is 0 Å². The molecular formula is C18H23N3O4. The Morgan fingerprint density at radius 2 is 2.16 bits per heavy atom. The van der Waals surface area contributed by atoms with E-state index in [1.807, 2.05) is 16.8 Å². The fraction of sp³-hybridized carbons (Fsp3) is 0.444. The Kier molecular flexibility index (Phi) is 5.23. The van der Waals surface area contributed by atoms with Gasteiger partial charge >= 0.3 is 5.97 Å². The zero-order valence-electron chi connectivity index (χ0n) is 14.3. The highest BCUT2D eigenvalue weighted by atomic mass is 16.5. The summed E-state index contributed by atoms with van der Waals surface area (Å²) in [5, 5.41) is 23.3. The molecule has 0 aliphatic carbocycles. The SMILES string of the molecule is COc1ccc(CN2CCCn3nc(CCC(=O)O)cc3C2)cc1O. The van der Waals surface area contributed by atoms with Crippen molar-refractivity contribution in [1.82, 2.24) is 14.7 Å². The average molecular weight is 345 g/mol. The molecule has 2 aromatic rings. The number of nitrogens with zero attached hydrogens (tertiary/aromatic N) is 3. The molecule has 2 N–H and O–H groups in total. The lowest BCUT2D eigenvalue weighted by atomic mass is 10.1. The number of aromatic nitrogens is 2. The highest BCUT2D eigenvalue weighted by Crippen LogP contribution is 2.27. The highest BCUT2D eigenvalue weighted by molar-refractivity contribution is 5.66. The van der Waals surface area contributed by atoms with Crippen LogP contribution in [-0.2, 0) is 30.8 Å². The number of rotatable bonds is 6. The Morgan fingerprint density at radius 1 is 1.32 bits per heavy atom. The number of aromatic hydroxyl groups is 1. The molecule has 0 saturated carbocycles. The van der Waals surface area contributed by atoms with Gasteiger partial charge in [0.25, 0.3) is 0 Å². The molecule has 25 heavy (non-hydrogen) atoms. The second-order valence-electron chi connectivity index (χ2n) is 6.31. The van der Waals surface area contributed by atoms with Crippen molar-refractivity contribution >= 4 is 5.97 Å². The zero-order valence-corrected chi connectivity index (χ0v) is 14.3. The van der Waals surface area contributed by atoms with E-state index in [0.29, 0.717) is 12.2 Å². The summed E-state index contributed by atoms with van der Waals surface area (Å²) in [6.07, 6.45) is 1.54. The molecule has 2 heterocycles. The molecule has 0 unspecified atom stereocenters. The monoisotopic (exact) mass is 345 g/mol. The van der Waals surface area contributed by atoms with Crippen LogP contribution in [0.3, 0.4) is 0 Å². The minimum Gasteiger partial charge on any atom is -0.504 e. The summed E-state index contributed by atoms with van der Waals surface area (Å²) in [5.74, 6) is -0.180. The van der Waals surface area contributed by atoms with Crippen LogP contribution in [0.4, 0.5) is 0 Å². The minimum absolute atomic E-state index is 0.102. The van der Waals surface area contributed by atoms with Crippen molar-refractivity contribution in [2.24, 2.45) is 0 Å². The first kappa shape index (κ1) is 17.3. The van der Waals surface area contributed by atoms with Gasteiger partial charge < -0.3 is 14.9 Å². The highest BCUT2D eigenvalue weighted by Gasteiger charge is 2.17. The number of hydrogen-bond acceptors (Lipinski definition) is 5. The van der Waals surface area contributed by atoms with Gasteiger partial charge in [-0.25, -0.2) is 0 Å². The van der Waals surface area contributed by atoms with Crippen molar-refractivity contribution in [3.63, 3.8) is 0 Å². The number of phenolic OH excluding ortho intramolecular Hbond substituents is 1.